The molecule has 0 spiro atoms. The van der Waals surface area contributed by atoms with Gasteiger partial charge in [-0.3, -0.25) is 9.59 Å². The Morgan fingerprint density at radius 2 is 1.07 bits per heavy atom. The van der Waals surface area contributed by atoms with E-state index >= 15 is 0 Å². The Bertz CT molecular complexity index is 700. The molecule has 0 radical (unpaired) electrons. The standard InChI is InChI=1S/C24H26O4/c1-3-17-27-23(25)21(19-11-7-5-8-12-19)15-16-22(24(26)28-18-4-2)20-13-9-6-10-14-20/h3-14,21-22H,1-2,15-18H2. The van der Waals surface area contributed by atoms with Gasteiger partial charge in [0.2, 0.25) is 0 Å². The van der Waals surface area contributed by atoms with Crippen LogP contribution in [0, 0.1) is 0 Å². The molecule has 0 saturated carbocycles. The first kappa shape index (κ1) is 21.2. The van der Waals surface area contributed by atoms with Crippen LogP contribution in [0.2, 0.25) is 0 Å². The molecule has 0 aliphatic heterocycles. The molecule has 146 valence electrons. The first-order valence-corrected chi connectivity index (χ1v) is 9.32. The summed E-state index contributed by atoms with van der Waals surface area (Å²) in [7, 11) is 0. The lowest BCUT2D eigenvalue weighted by Crippen LogP contribution is -2.21. The maximum atomic E-state index is 12.6. The lowest BCUT2D eigenvalue weighted by molar-refractivity contribution is -0.146. The highest BCUT2D eigenvalue weighted by molar-refractivity contribution is 5.80. The minimum absolute atomic E-state index is 0.158. The average molecular weight is 378 g/mol. The molecule has 2 aromatic rings. The maximum absolute atomic E-state index is 12.6. The van der Waals surface area contributed by atoms with Gasteiger partial charge in [0, 0.05) is 0 Å². The Labute approximate surface area is 166 Å². The number of hydrogen-bond acceptors (Lipinski definition) is 4. The summed E-state index contributed by atoms with van der Waals surface area (Å²) in [6.07, 6.45) is 4.00. The van der Waals surface area contributed by atoms with Gasteiger partial charge < -0.3 is 9.47 Å². The fraction of sp³-hybridized carbons (Fsp3) is 0.250. The minimum Gasteiger partial charge on any atom is -0.461 e. The molecular formula is C24H26O4. The first-order chi connectivity index (χ1) is 13.7. The topological polar surface area (TPSA) is 52.6 Å². The van der Waals surface area contributed by atoms with E-state index in [2.05, 4.69) is 13.2 Å². The smallest absolute Gasteiger partial charge is 0.313 e. The van der Waals surface area contributed by atoms with Gasteiger partial charge in [-0.15, -0.1) is 0 Å². The summed E-state index contributed by atoms with van der Waals surface area (Å²) in [6, 6.07) is 18.9. The Hall–Kier alpha value is -3.14. The molecule has 0 saturated heterocycles. The van der Waals surface area contributed by atoms with E-state index in [1.165, 1.54) is 0 Å². The third kappa shape index (κ3) is 6.23. The summed E-state index contributed by atoms with van der Waals surface area (Å²) >= 11 is 0. The molecule has 2 rings (SSSR count). The summed E-state index contributed by atoms with van der Waals surface area (Å²) in [4.78, 5) is 25.2. The highest BCUT2D eigenvalue weighted by Gasteiger charge is 2.27. The molecule has 2 aromatic carbocycles. The molecule has 0 heterocycles. The summed E-state index contributed by atoms with van der Waals surface area (Å²) in [5, 5.41) is 0. The fourth-order valence-electron chi connectivity index (χ4n) is 3.03. The van der Waals surface area contributed by atoms with Crippen LogP contribution in [0.4, 0.5) is 0 Å². The summed E-state index contributed by atoms with van der Waals surface area (Å²) in [6.45, 7) is 7.48. The van der Waals surface area contributed by atoms with Crippen molar-refractivity contribution in [2.45, 2.75) is 24.7 Å². The van der Waals surface area contributed by atoms with Crippen LogP contribution in [-0.4, -0.2) is 25.2 Å². The lowest BCUT2D eigenvalue weighted by Gasteiger charge is -2.20. The maximum Gasteiger partial charge on any atom is 0.313 e. The van der Waals surface area contributed by atoms with E-state index in [9.17, 15) is 9.59 Å². The van der Waals surface area contributed by atoms with Crippen molar-refractivity contribution in [1.82, 2.24) is 0 Å². The third-order valence-corrected chi connectivity index (χ3v) is 4.40. The molecule has 0 fully saturated rings. The van der Waals surface area contributed by atoms with Crippen molar-refractivity contribution >= 4 is 11.9 Å². The van der Waals surface area contributed by atoms with Crippen molar-refractivity contribution in [1.29, 1.82) is 0 Å². The Balaban J connectivity index is 2.20. The molecule has 2 unspecified atom stereocenters. The first-order valence-electron chi connectivity index (χ1n) is 9.32. The average Bonchev–Trinajstić information content (AvgIpc) is 2.74. The van der Waals surface area contributed by atoms with Crippen LogP contribution in [0.3, 0.4) is 0 Å². The second kappa shape index (κ2) is 11.5. The Morgan fingerprint density at radius 1 is 0.714 bits per heavy atom. The third-order valence-electron chi connectivity index (χ3n) is 4.40. The van der Waals surface area contributed by atoms with E-state index in [1.54, 1.807) is 12.2 Å². The largest absolute Gasteiger partial charge is 0.461 e. The molecule has 0 aliphatic rings. The zero-order valence-corrected chi connectivity index (χ0v) is 16.0. The molecule has 0 aromatic heterocycles. The van der Waals surface area contributed by atoms with Crippen LogP contribution in [0.5, 0.6) is 0 Å². The van der Waals surface area contributed by atoms with Gasteiger partial charge in [0.1, 0.15) is 13.2 Å². The van der Waals surface area contributed by atoms with Crippen molar-refractivity contribution in [3.63, 3.8) is 0 Å². The van der Waals surface area contributed by atoms with Gasteiger partial charge in [-0.1, -0.05) is 86.0 Å². The zero-order valence-electron chi connectivity index (χ0n) is 16.0. The van der Waals surface area contributed by atoms with Crippen LogP contribution < -0.4 is 0 Å². The number of ether oxygens (including phenoxy) is 2. The second-order valence-electron chi connectivity index (χ2n) is 6.34. The van der Waals surface area contributed by atoms with Crippen LogP contribution in [0.1, 0.15) is 35.8 Å². The van der Waals surface area contributed by atoms with Crippen molar-refractivity contribution < 1.29 is 19.1 Å². The lowest BCUT2D eigenvalue weighted by atomic mass is 9.87. The van der Waals surface area contributed by atoms with Crippen LogP contribution in [0.25, 0.3) is 0 Å². The molecule has 0 bridgehead atoms. The van der Waals surface area contributed by atoms with Gasteiger partial charge in [0.05, 0.1) is 11.8 Å². The monoisotopic (exact) mass is 378 g/mol. The quantitative estimate of drug-likeness (QED) is 0.417. The molecule has 0 aliphatic carbocycles. The molecule has 0 N–H and O–H groups in total. The molecular weight excluding hydrogens is 352 g/mol. The number of carbonyl (C=O) groups excluding carboxylic acids is 2. The van der Waals surface area contributed by atoms with Gasteiger partial charge in [-0.2, -0.15) is 0 Å². The summed E-state index contributed by atoms with van der Waals surface area (Å²) in [5.74, 6) is -1.56. The van der Waals surface area contributed by atoms with E-state index < -0.39 is 11.8 Å². The van der Waals surface area contributed by atoms with E-state index in [-0.39, 0.29) is 25.2 Å². The van der Waals surface area contributed by atoms with E-state index in [1.807, 2.05) is 60.7 Å². The molecule has 2 atom stereocenters. The van der Waals surface area contributed by atoms with Gasteiger partial charge >= 0.3 is 11.9 Å². The predicted octanol–water partition coefficient (Wildman–Crippen LogP) is 4.79. The number of hydrogen-bond donors (Lipinski definition) is 0. The highest BCUT2D eigenvalue weighted by atomic mass is 16.5. The van der Waals surface area contributed by atoms with Crippen molar-refractivity contribution in [3.05, 3.63) is 97.1 Å². The van der Waals surface area contributed by atoms with Crippen LogP contribution >= 0.6 is 0 Å². The van der Waals surface area contributed by atoms with Gasteiger partial charge in [0.25, 0.3) is 0 Å². The highest BCUT2D eigenvalue weighted by Crippen LogP contribution is 2.30. The van der Waals surface area contributed by atoms with Crippen molar-refractivity contribution in [2.24, 2.45) is 0 Å². The van der Waals surface area contributed by atoms with Crippen molar-refractivity contribution in [2.75, 3.05) is 13.2 Å². The molecule has 4 nitrogen and oxygen atoms in total. The molecule has 28 heavy (non-hydrogen) atoms. The number of benzene rings is 2. The molecule has 0 amide bonds. The Morgan fingerprint density at radius 3 is 1.39 bits per heavy atom. The minimum atomic E-state index is -0.459. The van der Waals surface area contributed by atoms with E-state index in [0.717, 1.165) is 11.1 Å². The predicted molar refractivity (Wildman–Crippen MR) is 110 cm³/mol. The Kier molecular flexibility index (Phi) is 8.73. The zero-order chi connectivity index (χ0) is 20.2. The molecule has 4 heteroatoms. The van der Waals surface area contributed by atoms with Crippen LogP contribution in [-0.2, 0) is 19.1 Å². The van der Waals surface area contributed by atoms with Gasteiger partial charge in [-0.25, -0.2) is 0 Å². The van der Waals surface area contributed by atoms with E-state index in [4.69, 9.17) is 9.47 Å². The summed E-state index contributed by atoms with van der Waals surface area (Å²) in [5.41, 5.74) is 1.73. The normalized spacial score (nSPS) is 12.4. The fourth-order valence-corrected chi connectivity index (χ4v) is 3.03. The number of carbonyl (C=O) groups is 2. The number of esters is 2. The van der Waals surface area contributed by atoms with Gasteiger partial charge in [0.15, 0.2) is 0 Å². The second-order valence-corrected chi connectivity index (χ2v) is 6.34. The summed E-state index contributed by atoms with van der Waals surface area (Å²) < 4.78 is 10.6. The number of rotatable bonds is 11. The van der Waals surface area contributed by atoms with Gasteiger partial charge in [-0.05, 0) is 24.0 Å². The van der Waals surface area contributed by atoms with E-state index in [0.29, 0.717) is 12.8 Å². The van der Waals surface area contributed by atoms with Crippen LogP contribution in [0.15, 0.2) is 86.0 Å². The SMILES string of the molecule is C=CCOC(=O)C(CCC(C(=O)OCC=C)c1ccccc1)c1ccccc1. The van der Waals surface area contributed by atoms with Crippen molar-refractivity contribution in [3.8, 4) is 0 Å².